The first kappa shape index (κ1) is 26.3. The Balaban J connectivity index is 1.39. The lowest BCUT2D eigenvalue weighted by atomic mass is 9.71. The summed E-state index contributed by atoms with van der Waals surface area (Å²) in [6.07, 6.45) is 4.86. The number of rotatable bonds is 5. The number of carbonyl (C=O) groups is 3. The van der Waals surface area contributed by atoms with Gasteiger partial charge in [-0.25, -0.2) is 4.79 Å². The average Bonchev–Trinajstić information content (AvgIpc) is 3.34. The fraction of sp³-hybridized carbons (Fsp3) is 0.303. The third-order valence-corrected chi connectivity index (χ3v) is 9.47. The lowest BCUT2D eigenvalue weighted by Crippen LogP contribution is -2.37. The van der Waals surface area contributed by atoms with Gasteiger partial charge in [0.2, 0.25) is 0 Å². The number of ether oxygens (including phenoxy) is 1. The van der Waals surface area contributed by atoms with E-state index in [-0.39, 0.29) is 17.6 Å². The van der Waals surface area contributed by atoms with Gasteiger partial charge in [-0.05, 0) is 61.6 Å². The maximum absolute atomic E-state index is 14.1. The molecule has 3 aliphatic rings. The van der Waals surface area contributed by atoms with Gasteiger partial charge in [0, 0.05) is 39.8 Å². The molecule has 0 unspecified atom stereocenters. The number of fused-ring (bicyclic) bond motifs is 1. The monoisotopic (exact) mass is 552 g/mol. The van der Waals surface area contributed by atoms with E-state index in [0.717, 1.165) is 52.9 Å². The molecule has 0 saturated heterocycles. The molecular weight excluding hydrogens is 520 g/mol. The molecule has 0 saturated carbocycles. The Morgan fingerprint density at radius 3 is 2.33 bits per heavy atom. The van der Waals surface area contributed by atoms with Crippen LogP contribution < -0.4 is 10.6 Å². The minimum atomic E-state index is -0.502. The lowest BCUT2D eigenvalue weighted by Gasteiger charge is -2.37. The van der Waals surface area contributed by atoms with Gasteiger partial charge in [0.25, 0.3) is 5.91 Å². The summed E-state index contributed by atoms with van der Waals surface area (Å²) in [4.78, 5) is 41.9. The van der Waals surface area contributed by atoms with Crippen LogP contribution in [0.3, 0.4) is 0 Å². The van der Waals surface area contributed by atoms with Crippen LogP contribution in [0.25, 0.3) is 0 Å². The number of amides is 1. The van der Waals surface area contributed by atoms with Gasteiger partial charge in [-0.2, -0.15) is 0 Å². The predicted octanol–water partition coefficient (Wildman–Crippen LogP) is 6.41. The molecule has 0 radical (unpaired) electrons. The van der Waals surface area contributed by atoms with E-state index in [4.69, 9.17) is 4.74 Å². The highest BCUT2D eigenvalue weighted by molar-refractivity contribution is 7.17. The fourth-order valence-electron chi connectivity index (χ4n) is 6.42. The quantitative estimate of drug-likeness (QED) is 0.357. The van der Waals surface area contributed by atoms with Crippen molar-refractivity contribution in [3.05, 3.63) is 110 Å². The van der Waals surface area contributed by atoms with Crippen molar-refractivity contribution < 1.29 is 19.1 Å². The molecule has 204 valence electrons. The van der Waals surface area contributed by atoms with Gasteiger partial charge in [-0.15, -0.1) is 11.3 Å². The second-order valence-corrected chi connectivity index (χ2v) is 11.8. The number of aryl methyl sites for hydroxylation is 1. The Bertz CT molecular complexity index is 1550. The summed E-state index contributed by atoms with van der Waals surface area (Å²) in [6.45, 7) is 1.89. The molecule has 0 spiro atoms. The van der Waals surface area contributed by atoms with Crippen LogP contribution in [-0.4, -0.2) is 24.8 Å². The van der Waals surface area contributed by atoms with Gasteiger partial charge >= 0.3 is 5.97 Å². The highest BCUT2D eigenvalue weighted by Crippen LogP contribution is 2.46. The van der Waals surface area contributed by atoms with Crippen LogP contribution in [0, 0.1) is 0 Å². The molecule has 2 atom stereocenters. The largest absolute Gasteiger partial charge is 0.465 e. The smallest absolute Gasteiger partial charge is 0.341 e. The predicted molar refractivity (Wildman–Crippen MR) is 156 cm³/mol. The third-order valence-electron chi connectivity index (χ3n) is 8.26. The Hall–Kier alpha value is -3.97. The van der Waals surface area contributed by atoms with Gasteiger partial charge in [-0.1, -0.05) is 60.7 Å². The molecule has 1 aromatic heterocycles. The van der Waals surface area contributed by atoms with E-state index in [1.165, 1.54) is 18.4 Å². The van der Waals surface area contributed by atoms with Crippen molar-refractivity contribution in [2.24, 2.45) is 0 Å². The summed E-state index contributed by atoms with van der Waals surface area (Å²) < 4.78 is 5.11. The van der Waals surface area contributed by atoms with Crippen LogP contribution in [0.15, 0.2) is 83.2 Å². The van der Waals surface area contributed by atoms with E-state index in [1.807, 2.05) is 55.5 Å². The van der Waals surface area contributed by atoms with Crippen molar-refractivity contribution in [2.75, 3.05) is 12.4 Å². The van der Waals surface area contributed by atoms with Crippen molar-refractivity contribution in [2.45, 2.75) is 57.3 Å². The van der Waals surface area contributed by atoms with E-state index in [0.29, 0.717) is 40.2 Å². The lowest BCUT2D eigenvalue weighted by molar-refractivity contribution is -0.116. The van der Waals surface area contributed by atoms with E-state index in [1.54, 1.807) is 0 Å². The number of carbonyl (C=O) groups excluding carboxylic acids is 3. The molecule has 3 aromatic rings. The summed E-state index contributed by atoms with van der Waals surface area (Å²) in [5.74, 6) is -1.11. The number of methoxy groups -OCH3 is 1. The van der Waals surface area contributed by atoms with Crippen molar-refractivity contribution in [1.82, 2.24) is 5.32 Å². The number of hydrogen-bond acceptors (Lipinski definition) is 6. The average molecular weight is 553 g/mol. The second-order valence-electron chi connectivity index (χ2n) is 10.7. The molecule has 1 amide bonds. The number of hydrogen-bond donors (Lipinski definition) is 2. The van der Waals surface area contributed by atoms with Crippen molar-refractivity contribution in [3.63, 3.8) is 0 Å². The number of anilines is 1. The molecule has 1 aliphatic heterocycles. The van der Waals surface area contributed by atoms with Crippen LogP contribution >= 0.6 is 11.3 Å². The van der Waals surface area contributed by atoms with E-state index in [2.05, 4.69) is 22.8 Å². The SMILES string of the molecule is COC(=O)c1c(NC(=O)C2=C(C)NC3=C(C(=O)C[C@H](c4ccccc4)C3)[C@@H]2c2ccccc2)sc2c1CCCC2. The summed E-state index contributed by atoms with van der Waals surface area (Å²) in [5, 5.41) is 7.05. The first-order chi connectivity index (χ1) is 19.5. The molecule has 6 rings (SSSR count). The Morgan fingerprint density at radius 1 is 0.950 bits per heavy atom. The maximum atomic E-state index is 14.1. The molecule has 2 heterocycles. The maximum Gasteiger partial charge on any atom is 0.341 e. The van der Waals surface area contributed by atoms with Gasteiger partial charge in [0.1, 0.15) is 5.00 Å². The van der Waals surface area contributed by atoms with E-state index >= 15 is 0 Å². The fourth-order valence-corrected chi connectivity index (χ4v) is 7.69. The van der Waals surface area contributed by atoms with E-state index in [9.17, 15) is 14.4 Å². The number of esters is 1. The molecule has 2 aliphatic carbocycles. The van der Waals surface area contributed by atoms with Crippen LogP contribution in [0.2, 0.25) is 0 Å². The molecule has 6 nitrogen and oxygen atoms in total. The van der Waals surface area contributed by atoms with Crippen LogP contribution in [-0.2, 0) is 27.2 Å². The molecular formula is C33H32N2O4S. The zero-order chi connectivity index (χ0) is 27.8. The number of dihydropyridines is 1. The van der Waals surface area contributed by atoms with Crippen molar-refractivity contribution >= 4 is 34.0 Å². The topological polar surface area (TPSA) is 84.5 Å². The van der Waals surface area contributed by atoms with Gasteiger partial charge in [0.05, 0.1) is 12.7 Å². The standard InChI is InChI=1S/C33H32N2O4S/c1-19-27(31(37)35-32-29(33(38)39-2)23-15-9-10-16-26(23)40-32)28(21-13-7-4-8-14-21)30-24(34-19)17-22(18-25(30)36)20-11-5-3-6-12-20/h3-8,11-14,22,28,34H,9-10,15-18H2,1-2H3,(H,35,37)/t22-,28-/m1/s1. The minimum Gasteiger partial charge on any atom is -0.465 e. The summed E-state index contributed by atoms with van der Waals surface area (Å²) in [6, 6.07) is 19.9. The zero-order valence-corrected chi connectivity index (χ0v) is 23.5. The van der Waals surface area contributed by atoms with Crippen LogP contribution in [0.4, 0.5) is 5.00 Å². The molecule has 2 aromatic carbocycles. The first-order valence-corrected chi connectivity index (χ1v) is 14.7. The highest BCUT2D eigenvalue weighted by Gasteiger charge is 2.41. The zero-order valence-electron chi connectivity index (χ0n) is 22.7. The van der Waals surface area contributed by atoms with Gasteiger partial charge in [0.15, 0.2) is 5.78 Å². The van der Waals surface area contributed by atoms with Crippen LogP contribution in [0.1, 0.15) is 76.4 Å². The number of ketones is 1. The van der Waals surface area contributed by atoms with E-state index < -0.39 is 11.9 Å². The molecule has 2 N–H and O–H groups in total. The van der Waals surface area contributed by atoms with Crippen LogP contribution in [0.5, 0.6) is 0 Å². The highest BCUT2D eigenvalue weighted by atomic mass is 32.1. The molecule has 0 bridgehead atoms. The summed E-state index contributed by atoms with van der Waals surface area (Å²) in [5.41, 5.74) is 6.25. The molecule has 0 fully saturated rings. The van der Waals surface area contributed by atoms with Gasteiger partial charge < -0.3 is 15.4 Å². The second kappa shape index (κ2) is 10.9. The Labute approximate surface area is 238 Å². The summed E-state index contributed by atoms with van der Waals surface area (Å²) in [7, 11) is 1.37. The number of Topliss-reactive ketones (excluding diaryl/α,β-unsaturated/α-hetero) is 1. The third kappa shape index (κ3) is 4.68. The first-order valence-electron chi connectivity index (χ1n) is 13.8. The Kier molecular flexibility index (Phi) is 7.15. The van der Waals surface area contributed by atoms with Gasteiger partial charge in [-0.3, -0.25) is 9.59 Å². The normalized spacial score (nSPS) is 20.4. The number of benzene rings is 2. The Morgan fingerprint density at radius 2 is 1.62 bits per heavy atom. The van der Waals surface area contributed by atoms with Crippen molar-refractivity contribution in [3.8, 4) is 0 Å². The number of thiophene rings is 1. The molecule has 7 heteroatoms. The number of allylic oxidation sites excluding steroid dienone is 3. The number of nitrogens with one attached hydrogen (secondary N) is 2. The van der Waals surface area contributed by atoms with Crippen molar-refractivity contribution in [1.29, 1.82) is 0 Å². The minimum absolute atomic E-state index is 0.0519. The molecule has 40 heavy (non-hydrogen) atoms. The summed E-state index contributed by atoms with van der Waals surface area (Å²) >= 11 is 1.46.